The molecule has 0 unspecified atom stereocenters. The first-order valence-electron chi connectivity index (χ1n) is 5.90. The van der Waals surface area contributed by atoms with Gasteiger partial charge in [0.05, 0.1) is 7.11 Å². The van der Waals surface area contributed by atoms with Crippen LogP contribution in [0.15, 0.2) is 34.5 Å². The lowest BCUT2D eigenvalue weighted by molar-refractivity contribution is 0.402. The molecule has 0 atom stereocenters. The van der Waals surface area contributed by atoms with Crippen LogP contribution >= 0.6 is 11.3 Å². The molecule has 0 saturated carbocycles. The van der Waals surface area contributed by atoms with Crippen LogP contribution < -0.4 is 15.2 Å². The van der Waals surface area contributed by atoms with Gasteiger partial charge in [0.25, 0.3) is 0 Å². The second-order valence-electron chi connectivity index (χ2n) is 4.26. The van der Waals surface area contributed by atoms with Gasteiger partial charge < -0.3 is 10.5 Å². The molecule has 1 aromatic carbocycles. The van der Waals surface area contributed by atoms with Crippen molar-refractivity contribution in [2.45, 2.75) is 18.4 Å². The second kappa shape index (κ2) is 5.82. The van der Waals surface area contributed by atoms with Crippen molar-refractivity contribution in [3.63, 3.8) is 0 Å². The van der Waals surface area contributed by atoms with E-state index in [1.54, 1.807) is 0 Å². The van der Waals surface area contributed by atoms with Crippen LogP contribution in [0.2, 0.25) is 0 Å². The quantitative estimate of drug-likeness (QED) is 0.829. The SMILES string of the molecule is COc1cc(N)ccc1S(=O)(=O)NCc1sccc1C. The number of ether oxygens (including phenoxy) is 1. The van der Waals surface area contributed by atoms with Crippen LogP contribution in [0.3, 0.4) is 0 Å². The Bertz CT molecular complexity index is 708. The summed E-state index contributed by atoms with van der Waals surface area (Å²) in [5.41, 5.74) is 7.15. The van der Waals surface area contributed by atoms with Crippen molar-refractivity contribution in [2.75, 3.05) is 12.8 Å². The van der Waals surface area contributed by atoms with Gasteiger partial charge in [0.2, 0.25) is 10.0 Å². The number of anilines is 1. The Labute approximate surface area is 122 Å². The number of nitrogen functional groups attached to an aromatic ring is 1. The summed E-state index contributed by atoms with van der Waals surface area (Å²) in [6, 6.07) is 6.42. The Hall–Kier alpha value is -1.57. The number of nitrogens with two attached hydrogens (primary N) is 1. The van der Waals surface area contributed by atoms with Gasteiger partial charge in [0, 0.05) is 23.2 Å². The molecule has 0 spiro atoms. The molecule has 0 aliphatic heterocycles. The van der Waals surface area contributed by atoms with Gasteiger partial charge in [0.15, 0.2) is 0 Å². The Kier molecular flexibility index (Phi) is 4.32. The maximum Gasteiger partial charge on any atom is 0.244 e. The van der Waals surface area contributed by atoms with Crippen molar-refractivity contribution in [1.82, 2.24) is 4.72 Å². The minimum Gasteiger partial charge on any atom is -0.495 e. The first-order chi connectivity index (χ1) is 9.44. The van der Waals surface area contributed by atoms with Crippen molar-refractivity contribution in [3.8, 4) is 5.75 Å². The van der Waals surface area contributed by atoms with E-state index in [2.05, 4.69) is 4.72 Å². The van der Waals surface area contributed by atoms with Gasteiger partial charge >= 0.3 is 0 Å². The molecule has 1 heterocycles. The van der Waals surface area contributed by atoms with Crippen LogP contribution in [-0.2, 0) is 16.6 Å². The summed E-state index contributed by atoms with van der Waals surface area (Å²) < 4.78 is 32.3. The monoisotopic (exact) mass is 312 g/mol. The highest BCUT2D eigenvalue weighted by Crippen LogP contribution is 2.26. The number of rotatable bonds is 5. The average molecular weight is 312 g/mol. The lowest BCUT2D eigenvalue weighted by Gasteiger charge is -2.11. The molecular formula is C13H16N2O3S2. The Morgan fingerprint density at radius 1 is 1.35 bits per heavy atom. The number of benzene rings is 1. The van der Waals surface area contributed by atoms with E-state index in [-0.39, 0.29) is 17.2 Å². The third kappa shape index (κ3) is 3.12. The molecule has 1 aromatic heterocycles. The summed E-state index contributed by atoms with van der Waals surface area (Å²) in [6.45, 7) is 2.21. The summed E-state index contributed by atoms with van der Waals surface area (Å²) in [6.07, 6.45) is 0. The van der Waals surface area contributed by atoms with E-state index in [0.29, 0.717) is 5.69 Å². The molecule has 0 bridgehead atoms. The van der Waals surface area contributed by atoms with Crippen LogP contribution in [0.4, 0.5) is 5.69 Å². The van der Waals surface area contributed by atoms with E-state index in [1.807, 2.05) is 18.4 Å². The predicted molar refractivity (Wildman–Crippen MR) is 80.5 cm³/mol. The number of thiophene rings is 1. The van der Waals surface area contributed by atoms with Crippen LogP contribution in [0.1, 0.15) is 10.4 Å². The van der Waals surface area contributed by atoms with E-state index >= 15 is 0 Å². The Morgan fingerprint density at radius 2 is 2.10 bits per heavy atom. The van der Waals surface area contributed by atoms with Gasteiger partial charge in [-0.05, 0) is 36.1 Å². The van der Waals surface area contributed by atoms with E-state index in [9.17, 15) is 8.42 Å². The molecule has 0 saturated heterocycles. The minimum absolute atomic E-state index is 0.0865. The van der Waals surface area contributed by atoms with Gasteiger partial charge in [-0.1, -0.05) is 0 Å². The normalized spacial score (nSPS) is 11.5. The summed E-state index contributed by atoms with van der Waals surface area (Å²) in [5, 5.41) is 1.93. The van der Waals surface area contributed by atoms with Gasteiger partial charge in [-0.2, -0.15) is 0 Å². The van der Waals surface area contributed by atoms with Crippen LogP contribution in [0.25, 0.3) is 0 Å². The van der Waals surface area contributed by atoms with E-state index in [4.69, 9.17) is 10.5 Å². The average Bonchev–Trinajstić information content (AvgIpc) is 2.81. The molecule has 0 aliphatic rings. The van der Waals surface area contributed by atoms with Gasteiger partial charge in [0.1, 0.15) is 10.6 Å². The molecule has 0 fully saturated rings. The fourth-order valence-electron chi connectivity index (χ4n) is 1.73. The maximum atomic E-state index is 12.3. The molecule has 7 heteroatoms. The zero-order chi connectivity index (χ0) is 14.8. The van der Waals surface area contributed by atoms with Crippen LogP contribution in [0.5, 0.6) is 5.75 Å². The number of hydrogen-bond acceptors (Lipinski definition) is 5. The van der Waals surface area contributed by atoms with Crippen molar-refractivity contribution in [1.29, 1.82) is 0 Å². The summed E-state index contributed by atoms with van der Waals surface area (Å²) in [5.74, 6) is 0.236. The van der Waals surface area contributed by atoms with E-state index in [1.165, 1.54) is 36.6 Å². The van der Waals surface area contributed by atoms with Gasteiger partial charge in [-0.25, -0.2) is 13.1 Å². The summed E-state index contributed by atoms with van der Waals surface area (Å²) >= 11 is 1.52. The number of sulfonamides is 1. The van der Waals surface area contributed by atoms with E-state index in [0.717, 1.165) is 10.4 Å². The highest BCUT2D eigenvalue weighted by atomic mass is 32.2. The summed E-state index contributed by atoms with van der Waals surface area (Å²) in [4.78, 5) is 1.08. The Morgan fingerprint density at radius 3 is 2.70 bits per heavy atom. The van der Waals surface area contributed by atoms with Crippen molar-refractivity contribution >= 4 is 27.0 Å². The van der Waals surface area contributed by atoms with Crippen molar-refractivity contribution in [3.05, 3.63) is 40.1 Å². The van der Waals surface area contributed by atoms with Crippen LogP contribution in [0, 0.1) is 6.92 Å². The molecule has 2 rings (SSSR count). The van der Waals surface area contributed by atoms with Crippen molar-refractivity contribution < 1.29 is 13.2 Å². The van der Waals surface area contributed by atoms with Crippen molar-refractivity contribution in [2.24, 2.45) is 0 Å². The molecule has 5 nitrogen and oxygen atoms in total. The highest BCUT2D eigenvalue weighted by Gasteiger charge is 2.19. The largest absolute Gasteiger partial charge is 0.495 e. The maximum absolute atomic E-state index is 12.3. The first kappa shape index (κ1) is 14.8. The lowest BCUT2D eigenvalue weighted by Crippen LogP contribution is -2.23. The standard InChI is InChI=1S/C13H16N2O3S2/c1-9-5-6-19-12(9)8-15-20(16,17)13-4-3-10(14)7-11(13)18-2/h3-7,15H,8,14H2,1-2H3. The summed E-state index contributed by atoms with van der Waals surface area (Å²) in [7, 11) is -2.22. The van der Waals surface area contributed by atoms with E-state index < -0.39 is 10.0 Å². The van der Waals surface area contributed by atoms with Crippen LogP contribution in [-0.4, -0.2) is 15.5 Å². The zero-order valence-electron chi connectivity index (χ0n) is 11.2. The topological polar surface area (TPSA) is 81.4 Å². The number of hydrogen-bond donors (Lipinski definition) is 2. The first-order valence-corrected chi connectivity index (χ1v) is 8.26. The molecule has 2 aromatic rings. The second-order valence-corrected chi connectivity index (χ2v) is 7.00. The number of nitrogens with one attached hydrogen (secondary N) is 1. The number of aryl methyl sites for hydroxylation is 1. The molecular weight excluding hydrogens is 296 g/mol. The molecule has 0 aliphatic carbocycles. The molecule has 3 N–H and O–H groups in total. The van der Waals surface area contributed by atoms with Gasteiger partial charge in [-0.15, -0.1) is 11.3 Å². The molecule has 108 valence electrons. The number of methoxy groups -OCH3 is 1. The fraction of sp³-hybridized carbons (Fsp3) is 0.231. The Balaban J connectivity index is 2.25. The third-order valence-corrected chi connectivity index (χ3v) is 5.33. The third-order valence-electron chi connectivity index (χ3n) is 2.87. The molecule has 0 amide bonds. The minimum atomic E-state index is -3.64. The zero-order valence-corrected chi connectivity index (χ0v) is 12.8. The fourth-order valence-corrected chi connectivity index (χ4v) is 3.81. The highest BCUT2D eigenvalue weighted by molar-refractivity contribution is 7.89. The predicted octanol–water partition coefficient (Wildman–Crippen LogP) is 2.13. The smallest absolute Gasteiger partial charge is 0.244 e. The lowest BCUT2D eigenvalue weighted by atomic mass is 10.3. The van der Waals surface area contributed by atoms with Gasteiger partial charge in [-0.3, -0.25) is 0 Å². The molecule has 20 heavy (non-hydrogen) atoms. The molecule has 0 radical (unpaired) electrons.